The molecule has 4 nitrogen and oxygen atoms in total. The van der Waals surface area contributed by atoms with Gasteiger partial charge in [0.25, 0.3) is 0 Å². The minimum atomic E-state index is -0.305. The van der Waals surface area contributed by atoms with Gasteiger partial charge >= 0.3 is 0 Å². The molecule has 0 amide bonds. The van der Waals surface area contributed by atoms with Crippen molar-refractivity contribution in [1.82, 2.24) is 5.32 Å². The Labute approximate surface area is 122 Å². The van der Waals surface area contributed by atoms with Crippen LogP contribution in [0.15, 0.2) is 24.3 Å². The third-order valence-electron chi connectivity index (χ3n) is 3.49. The average molecular weight is 280 g/mol. The van der Waals surface area contributed by atoms with Crippen molar-refractivity contribution >= 4 is 0 Å². The number of nitrogens with one attached hydrogen (secondary N) is 1. The predicted octanol–water partition coefficient (Wildman–Crippen LogP) is 1.70. The van der Waals surface area contributed by atoms with Gasteiger partial charge in [-0.1, -0.05) is 12.1 Å². The molecular formula is C16H28N2O2. The summed E-state index contributed by atoms with van der Waals surface area (Å²) in [5.74, 6) is 0.860. The van der Waals surface area contributed by atoms with Gasteiger partial charge in [0.2, 0.25) is 0 Å². The first kappa shape index (κ1) is 17.0. The highest BCUT2D eigenvalue weighted by molar-refractivity contribution is 5.28. The summed E-state index contributed by atoms with van der Waals surface area (Å²) < 4.78 is 5.17. The maximum atomic E-state index is 9.45. The second-order valence-electron chi connectivity index (χ2n) is 5.92. The van der Waals surface area contributed by atoms with Gasteiger partial charge in [0.1, 0.15) is 5.75 Å². The molecular weight excluding hydrogens is 252 g/mol. The average Bonchev–Trinajstić information content (AvgIpc) is 2.38. The molecule has 0 saturated heterocycles. The Morgan fingerprint density at radius 2 is 1.90 bits per heavy atom. The summed E-state index contributed by atoms with van der Waals surface area (Å²) in [7, 11) is 1.66. The van der Waals surface area contributed by atoms with Gasteiger partial charge < -0.3 is 20.9 Å². The van der Waals surface area contributed by atoms with E-state index in [0.717, 1.165) is 18.6 Å². The highest BCUT2D eigenvalue weighted by Gasteiger charge is 2.25. The molecule has 0 aromatic heterocycles. The van der Waals surface area contributed by atoms with Crippen LogP contribution in [0.25, 0.3) is 0 Å². The Morgan fingerprint density at radius 3 is 2.35 bits per heavy atom. The van der Waals surface area contributed by atoms with Crippen LogP contribution in [0.4, 0.5) is 0 Å². The van der Waals surface area contributed by atoms with E-state index in [1.54, 1.807) is 14.0 Å². The summed E-state index contributed by atoms with van der Waals surface area (Å²) >= 11 is 0. The van der Waals surface area contributed by atoms with Crippen LogP contribution in [-0.4, -0.2) is 36.4 Å². The highest BCUT2D eigenvalue weighted by atomic mass is 16.5. The first-order valence-electron chi connectivity index (χ1n) is 7.17. The third-order valence-corrected chi connectivity index (χ3v) is 3.49. The molecule has 0 aliphatic rings. The minimum absolute atomic E-state index is 0.178. The molecule has 4 heteroatoms. The van der Waals surface area contributed by atoms with Crippen LogP contribution in [0.2, 0.25) is 0 Å². The van der Waals surface area contributed by atoms with E-state index in [1.807, 2.05) is 12.1 Å². The number of hydrogen-bond donors (Lipinski definition) is 3. The number of nitrogens with two attached hydrogens (primary N) is 1. The van der Waals surface area contributed by atoms with Crippen molar-refractivity contribution in [2.24, 2.45) is 5.73 Å². The van der Waals surface area contributed by atoms with E-state index < -0.39 is 0 Å². The molecule has 1 aromatic rings. The van der Waals surface area contributed by atoms with E-state index in [1.165, 1.54) is 5.56 Å². The Kier molecular flexibility index (Phi) is 6.46. The Balaban J connectivity index is 2.67. The van der Waals surface area contributed by atoms with Crippen molar-refractivity contribution in [3.63, 3.8) is 0 Å². The van der Waals surface area contributed by atoms with Gasteiger partial charge in [0.15, 0.2) is 0 Å². The van der Waals surface area contributed by atoms with Gasteiger partial charge in [0, 0.05) is 18.1 Å². The fourth-order valence-electron chi connectivity index (χ4n) is 2.54. The van der Waals surface area contributed by atoms with E-state index in [9.17, 15) is 5.11 Å². The summed E-state index contributed by atoms with van der Waals surface area (Å²) in [5.41, 5.74) is 6.98. The molecule has 1 aromatic carbocycles. The molecule has 0 bridgehead atoms. The molecule has 0 saturated carbocycles. The van der Waals surface area contributed by atoms with Gasteiger partial charge in [-0.25, -0.2) is 0 Å². The number of ether oxygens (including phenoxy) is 1. The van der Waals surface area contributed by atoms with Crippen molar-refractivity contribution in [2.45, 2.75) is 51.3 Å². The first-order chi connectivity index (χ1) is 9.38. The molecule has 3 unspecified atom stereocenters. The van der Waals surface area contributed by atoms with Crippen molar-refractivity contribution in [2.75, 3.05) is 13.7 Å². The van der Waals surface area contributed by atoms with Gasteiger partial charge in [-0.05, 0) is 51.3 Å². The van der Waals surface area contributed by atoms with Crippen LogP contribution < -0.4 is 15.8 Å². The lowest BCUT2D eigenvalue weighted by molar-refractivity contribution is 0.161. The van der Waals surface area contributed by atoms with Crippen LogP contribution in [0, 0.1) is 0 Å². The van der Waals surface area contributed by atoms with Crippen LogP contribution >= 0.6 is 0 Å². The van der Waals surface area contributed by atoms with Crippen LogP contribution in [0.5, 0.6) is 5.75 Å². The largest absolute Gasteiger partial charge is 0.497 e. The molecule has 0 aliphatic carbocycles. The van der Waals surface area contributed by atoms with Crippen LogP contribution in [0.1, 0.15) is 32.8 Å². The Bertz CT molecular complexity index is 392. The zero-order chi connectivity index (χ0) is 15.2. The van der Waals surface area contributed by atoms with Gasteiger partial charge in [0.05, 0.1) is 13.2 Å². The number of aliphatic hydroxyl groups is 1. The van der Waals surface area contributed by atoms with E-state index in [0.29, 0.717) is 6.54 Å². The SMILES string of the molecule is COc1ccc(CC(C)(CN)NC(C)CC(C)O)cc1. The quantitative estimate of drug-likeness (QED) is 0.678. The van der Waals surface area contributed by atoms with Crippen molar-refractivity contribution < 1.29 is 9.84 Å². The monoisotopic (exact) mass is 280 g/mol. The normalized spacial score (nSPS) is 17.3. The van der Waals surface area contributed by atoms with Gasteiger partial charge in [-0.15, -0.1) is 0 Å². The van der Waals surface area contributed by atoms with E-state index in [-0.39, 0.29) is 17.7 Å². The molecule has 20 heavy (non-hydrogen) atoms. The van der Waals surface area contributed by atoms with Crippen molar-refractivity contribution in [1.29, 1.82) is 0 Å². The first-order valence-corrected chi connectivity index (χ1v) is 7.17. The van der Waals surface area contributed by atoms with Gasteiger partial charge in [-0.3, -0.25) is 0 Å². The molecule has 0 heterocycles. The maximum Gasteiger partial charge on any atom is 0.118 e. The molecule has 0 radical (unpaired) electrons. The zero-order valence-corrected chi connectivity index (χ0v) is 13.0. The predicted molar refractivity (Wildman–Crippen MR) is 83.1 cm³/mol. The van der Waals surface area contributed by atoms with Crippen LogP contribution in [0.3, 0.4) is 0 Å². The smallest absolute Gasteiger partial charge is 0.118 e. The molecule has 3 atom stereocenters. The highest BCUT2D eigenvalue weighted by Crippen LogP contribution is 2.17. The van der Waals surface area contributed by atoms with Gasteiger partial charge in [-0.2, -0.15) is 0 Å². The Morgan fingerprint density at radius 1 is 1.30 bits per heavy atom. The van der Waals surface area contributed by atoms with E-state index in [4.69, 9.17) is 10.5 Å². The molecule has 4 N–H and O–H groups in total. The standard InChI is InChI=1S/C16H28N2O2/c1-12(9-13(2)19)18-16(3,11-17)10-14-5-7-15(20-4)8-6-14/h5-8,12-13,18-19H,9-11,17H2,1-4H3. The molecule has 0 spiro atoms. The summed E-state index contributed by atoms with van der Waals surface area (Å²) in [4.78, 5) is 0. The Hall–Kier alpha value is -1.10. The number of methoxy groups -OCH3 is 1. The summed E-state index contributed by atoms with van der Waals surface area (Å²) in [6.45, 7) is 6.55. The van der Waals surface area contributed by atoms with E-state index in [2.05, 4.69) is 31.3 Å². The summed E-state index contributed by atoms with van der Waals surface area (Å²) in [6, 6.07) is 8.28. The minimum Gasteiger partial charge on any atom is -0.497 e. The number of benzene rings is 1. The summed E-state index contributed by atoms with van der Waals surface area (Å²) in [5, 5.41) is 13.0. The molecule has 0 aliphatic heterocycles. The second kappa shape index (κ2) is 7.62. The third kappa shape index (κ3) is 5.49. The molecule has 0 fully saturated rings. The lowest BCUT2D eigenvalue weighted by Crippen LogP contribution is -2.54. The number of aliphatic hydroxyl groups excluding tert-OH is 1. The fourth-order valence-corrected chi connectivity index (χ4v) is 2.54. The lowest BCUT2D eigenvalue weighted by Gasteiger charge is -2.33. The van der Waals surface area contributed by atoms with Crippen molar-refractivity contribution in [3.05, 3.63) is 29.8 Å². The van der Waals surface area contributed by atoms with Crippen LogP contribution in [-0.2, 0) is 6.42 Å². The van der Waals surface area contributed by atoms with Crippen molar-refractivity contribution in [3.8, 4) is 5.75 Å². The fraction of sp³-hybridized carbons (Fsp3) is 0.625. The maximum absolute atomic E-state index is 9.45. The summed E-state index contributed by atoms with van der Waals surface area (Å²) in [6.07, 6.45) is 1.26. The zero-order valence-electron chi connectivity index (χ0n) is 13.0. The lowest BCUT2D eigenvalue weighted by atomic mass is 9.91. The number of hydrogen-bond acceptors (Lipinski definition) is 4. The van der Waals surface area contributed by atoms with E-state index >= 15 is 0 Å². The second-order valence-corrected chi connectivity index (χ2v) is 5.92. The molecule has 1 rings (SSSR count). The molecule has 114 valence electrons. The number of rotatable bonds is 8. The topological polar surface area (TPSA) is 67.5 Å².